The Hall–Kier alpha value is -1.69. The highest BCUT2D eigenvalue weighted by Crippen LogP contribution is 2.32. The molecular formula is C11H17N5O. The van der Waals surface area contributed by atoms with E-state index in [1.807, 2.05) is 0 Å². The van der Waals surface area contributed by atoms with Crippen molar-refractivity contribution in [3.8, 4) is 0 Å². The molecule has 2 rings (SSSR count). The Morgan fingerprint density at radius 1 is 1.35 bits per heavy atom. The lowest BCUT2D eigenvalue weighted by Gasteiger charge is -2.29. The maximum atomic E-state index is 11.2. The van der Waals surface area contributed by atoms with Crippen molar-refractivity contribution in [2.24, 2.45) is 11.5 Å². The third kappa shape index (κ3) is 2.36. The third-order valence-electron chi connectivity index (χ3n) is 3.27. The normalized spacial score (nSPS) is 17.9. The highest BCUT2D eigenvalue weighted by atomic mass is 16.1. The van der Waals surface area contributed by atoms with Gasteiger partial charge >= 0.3 is 0 Å². The van der Waals surface area contributed by atoms with E-state index in [-0.39, 0.29) is 11.2 Å². The number of rotatable bonds is 4. The lowest BCUT2D eigenvalue weighted by Crippen LogP contribution is -2.43. The van der Waals surface area contributed by atoms with E-state index in [1.165, 1.54) is 12.4 Å². The van der Waals surface area contributed by atoms with Crippen molar-refractivity contribution in [3.63, 3.8) is 0 Å². The average molecular weight is 235 g/mol. The zero-order valence-corrected chi connectivity index (χ0v) is 9.65. The Balaban J connectivity index is 2.26. The second-order valence-corrected chi connectivity index (χ2v) is 4.43. The van der Waals surface area contributed by atoms with Gasteiger partial charge in [0.1, 0.15) is 0 Å². The van der Waals surface area contributed by atoms with Gasteiger partial charge in [0.05, 0.1) is 5.54 Å². The molecule has 1 saturated carbocycles. The molecule has 1 aromatic heterocycles. The van der Waals surface area contributed by atoms with Gasteiger partial charge < -0.3 is 16.8 Å². The molecular weight excluding hydrogens is 218 g/mol. The van der Waals surface area contributed by atoms with Crippen LogP contribution in [-0.4, -0.2) is 28.0 Å². The predicted molar refractivity (Wildman–Crippen MR) is 64.4 cm³/mol. The summed E-state index contributed by atoms with van der Waals surface area (Å²) in [7, 11) is 0. The first-order valence-corrected chi connectivity index (χ1v) is 5.76. The van der Waals surface area contributed by atoms with Crippen LogP contribution in [-0.2, 0) is 0 Å². The van der Waals surface area contributed by atoms with E-state index in [1.54, 1.807) is 0 Å². The molecule has 0 radical (unpaired) electrons. The number of nitrogens with two attached hydrogens (primary N) is 2. The number of hydrogen-bond acceptors (Lipinski definition) is 5. The largest absolute Gasteiger partial charge is 0.364 e. The highest BCUT2D eigenvalue weighted by Gasteiger charge is 2.33. The van der Waals surface area contributed by atoms with Gasteiger partial charge in [-0.3, -0.25) is 4.79 Å². The number of anilines is 1. The summed E-state index contributed by atoms with van der Waals surface area (Å²) in [5.74, 6) is -0.141. The number of nitrogens with one attached hydrogen (secondary N) is 1. The average Bonchev–Trinajstić information content (AvgIpc) is 2.79. The minimum absolute atomic E-state index is 0.166. The Kier molecular flexibility index (Phi) is 3.23. The van der Waals surface area contributed by atoms with Crippen LogP contribution in [0.2, 0.25) is 0 Å². The number of primary amides is 1. The van der Waals surface area contributed by atoms with E-state index in [0.717, 1.165) is 25.7 Å². The molecule has 0 unspecified atom stereocenters. The first-order valence-electron chi connectivity index (χ1n) is 5.76. The number of nitrogens with zero attached hydrogens (tertiary/aromatic N) is 2. The van der Waals surface area contributed by atoms with Gasteiger partial charge in [0.25, 0.3) is 5.91 Å². The molecule has 0 bridgehead atoms. The zero-order chi connectivity index (χ0) is 12.3. The fourth-order valence-corrected chi connectivity index (χ4v) is 2.29. The van der Waals surface area contributed by atoms with Crippen LogP contribution in [0.15, 0.2) is 12.4 Å². The van der Waals surface area contributed by atoms with E-state index in [9.17, 15) is 4.79 Å². The van der Waals surface area contributed by atoms with Crippen molar-refractivity contribution >= 4 is 11.7 Å². The molecule has 1 aromatic rings. The van der Waals surface area contributed by atoms with Gasteiger partial charge in [-0.05, 0) is 12.8 Å². The number of aromatic nitrogens is 2. The monoisotopic (exact) mass is 235 g/mol. The fraction of sp³-hybridized carbons (Fsp3) is 0.545. The molecule has 5 N–H and O–H groups in total. The Morgan fingerprint density at radius 2 is 2.00 bits per heavy atom. The van der Waals surface area contributed by atoms with Gasteiger partial charge in [0, 0.05) is 18.9 Å². The SMILES string of the molecule is NCC1(Nc2nccnc2C(N)=O)CCCC1. The molecule has 0 aromatic carbocycles. The van der Waals surface area contributed by atoms with Crippen LogP contribution in [0.3, 0.4) is 0 Å². The molecule has 0 aliphatic heterocycles. The van der Waals surface area contributed by atoms with Crippen molar-refractivity contribution in [2.45, 2.75) is 31.2 Å². The first-order chi connectivity index (χ1) is 8.17. The van der Waals surface area contributed by atoms with Crippen molar-refractivity contribution in [1.82, 2.24) is 9.97 Å². The van der Waals surface area contributed by atoms with Crippen LogP contribution >= 0.6 is 0 Å². The summed E-state index contributed by atoms with van der Waals surface area (Å²) in [5, 5.41) is 3.25. The van der Waals surface area contributed by atoms with Gasteiger partial charge in [-0.2, -0.15) is 0 Å². The van der Waals surface area contributed by atoms with E-state index < -0.39 is 5.91 Å². The standard InChI is InChI=1S/C11H17N5O/c12-7-11(3-1-2-4-11)16-10-8(9(13)17)14-5-6-15-10/h5-6H,1-4,7,12H2,(H2,13,17)(H,15,16). The molecule has 1 heterocycles. The summed E-state index contributed by atoms with van der Waals surface area (Å²) in [6.07, 6.45) is 7.23. The van der Waals surface area contributed by atoms with Crippen molar-refractivity contribution < 1.29 is 4.79 Å². The van der Waals surface area contributed by atoms with E-state index in [2.05, 4.69) is 15.3 Å². The van der Waals surface area contributed by atoms with E-state index in [0.29, 0.717) is 12.4 Å². The number of carbonyl (C=O) groups is 1. The van der Waals surface area contributed by atoms with Crippen LogP contribution < -0.4 is 16.8 Å². The van der Waals surface area contributed by atoms with Gasteiger partial charge in [0.15, 0.2) is 11.5 Å². The molecule has 0 saturated heterocycles. The molecule has 92 valence electrons. The van der Waals surface area contributed by atoms with E-state index >= 15 is 0 Å². The van der Waals surface area contributed by atoms with Crippen molar-refractivity contribution in [1.29, 1.82) is 0 Å². The summed E-state index contributed by atoms with van der Waals surface area (Å²) < 4.78 is 0. The van der Waals surface area contributed by atoms with Crippen LogP contribution in [0.1, 0.15) is 36.2 Å². The highest BCUT2D eigenvalue weighted by molar-refractivity contribution is 5.95. The van der Waals surface area contributed by atoms with Gasteiger partial charge in [0.2, 0.25) is 0 Å². The summed E-state index contributed by atoms with van der Waals surface area (Å²) >= 11 is 0. The molecule has 1 aliphatic rings. The molecule has 1 fully saturated rings. The molecule has 0 atom stereocenters. The summed E-state index contributed by atoms with van der Waals surface area (Å²) in [5.41, 5.74) is 11.1. The number of hydrogen-bond donors (Lipinski definition) is 3. The Labute approximate surface area is 99.8 Å². The van der Waals surface area contributed by atoms with Crippen molar-refractivity contribution in [3.05, 3.63) is 18.1 Å². The van der Waals surface area contributed by atoms with Crippen LogP contribution in [0.25, 0.3) is 0 Å². The fourth-order valence-electron chi connectivity index (χ4n) is 2.29. The second kappa shape index (κ2) is 4.67. The number of carbonyl (C=O) groups excluding carboxylic acids is 1. The minimum atomic E-state index is -0.578. The lowest BCUT2D eigenvalue weighted by atomic mass is 9.98. The van der Waals surface area contributed by atoms with Gasteiger partial charge in [-0.25, -0.2) is 9.97 Å². The quantitative estimate of drug-likeness (QED) is 0.694. The zero-order valence-electron chi connectivity index (χ0n) is 9.65. The topological polar surface area (TPSA) is 107 Å². The van der Waals surface area contributed by atoms with E-state index in [4.69, 9.17) is 11.5 Å². The molecule has 0 spiro atoms. The smallest absolute Gasteiger partial charge is 0.271 e. The molecule has 6 heteroatoms. The summed E-state index contributed by atoms with van der Waals surface area (Å²) in [6.45, 7) is 0.516. The number of amides is 1. The van der Waals surface area contributed by atoms with Crippen LogP contribution in [0.5, 0.6) is 0 Å². The molecule has 6 nitrogen and oxygen atoms in total. The third-order valence-corrected chi connectivity index (χ3v) is 3.27. The maximum absolute atomic E-state index is 11.2. The lowest BCUT2D eigenvalue weighted by molar-refractivity contribution is 0.0996. The Morgan fingerprint density at radius 3 is 2.59 bits per heavy atom. The maximum Gasteiger partial charge on any atom is 0.271 e. The summed E-state index contributed by atoms with van der Waals surface area (Å²) in [6, 6.07) is 0. The van der Waals surface area contributed by atoms with Crippen molar-refractivity contribution in [2.75, 3.05) is 11.9 Å². The molecule has 1 amide bonds. The molecule has 17 heavy (non-hydrogen) atoms. The van der Waals surface area contributed by atoms with Crippen LogP contribution in [0, 0.1) is 0 Å². The predicted octanol–water partition coefficient (Wildman–Crippen LogP) is 0.259. The second-order valence-electron chi connectivity index (χ2n) is 4.43. The van der Waals surface area contributed by atoms with Crippen LogP contribution in [0.4, 0.5) is 5.82 Å². The van der Waals surface area contributed by atoms with Gasteiger partial charge in [-0.15, -0.1) is 0 Å². The summed E-state index contributed by atoms with van der Waals surface area (Å²) in [4.78, 5) is 19.3. The van der Waals surface area contributed by atoms with Gasteiger partial charge in [-0.1, -0.05) is 12.8 Å². The molecule has 1 aliphatic carbocycles. The first kappa shape index (κ1) is 11.8. The Bertz CT molecular complexity index is 414. The minimum Gasteiger partial charge on any atom is -0.364 e.